The molecular formula is C14H24N2O. The SMILES string of the molecule is CC.CC.Cn1cccn1.Oc1ccccc1. The van der Waals surface area contributed by atoms with Crippen molar-refractivity contribution in [2.24, 2.45) is 7.05 Å². The van der Waals surface area contributed by atoms with Gasteiger partial charge < -0.3 is 5.11 Å². The second-order valence-corrected chi connectivity index (χ2v) is 2.52. The molecule has 0 saturated carbocycles. The standard InChI is InChI=1S/C6H6O.C4H6N2.2C2H6/c7-6-4-2-1-3-5-6;1-6-4-2-3-5-6;2*1-2/h1-5,7H;2-4H,1H3;2*1-2H3. The molecule has 0 saturated heterocycles. The van der Waals surface area contributed by atoms with Crippen LogP contribution in [-0.4, -0.2) is 14.9 Å². The fourth-order valence-corrected chi connectivity index (χ4v) is 0.773. The van der Waals surface area contributed by atoms with E-state index in [0.717, 1.165) is 0 Å². The van der Waals surface area contributed by atoms with Gasteiger partial charge >= 0.3 is 0 Å². The Kier molecular flexibility index (Phi) is 14.7. The molecule has 0 unspecified atom stereocenters. The first-order valence-electron chi connectivity index (χ1n) is 5.96. The van der Waals surface area contributed by atoms with Gasteiger partial charge in [0, 0.05) is 19.4 Å². The van der Waals surface area contributed by atoms with Gasteiger partial charge in [-0.3, -0.25) is 4.68 Å². The minimum absolute atomic E-state index is 0.322. The maximum absolute atomic E-state index is 8.63. The van der Waals surface area contributed by atoms with Gasteiger partial charge in [0.1, 0.15) is 5.75 Å². The Morgan fingerprint density at radius 1 is 0.941 bits per heavy atom. The normalized spacial score (nSPS) is 7.35. The van der Waals surface area contributed by atoms with E-state index in [1.165, 1.54) is 0 Å². The van der Waals surface area contributed by atoms with Crippen molar-refractivity contribution >= 4 is 0 Å². The van der Waals surface area contributed by atoms with Crippen LogP contribution in [0.25, 0.3) is 0 Å². The summed E-state index contributed by atoms with van der Waals surface area (Å²) in [5.74, 6) is 0.322. The molecule has 0 aliphatic rings. The van der Waals surface area contributed by atoms with Crippen LogP contribution in [0, 0.1) is 0 Å². The van der Waals surface area contributed by atoms with Crippen molar-refractivity contribution in [3.05, 3.63) is 48.8 Å². The maximum atomic E-state index is 8.63. The molecule has 96 valence electrons. The predicted octanol–water partition coefficient (Wildman–Crippen LogP) is 3.86. The van der Waals surface area contributed by atoms with Crippen LogP contribution in [0.4, 0.5) is 0 Å². The quantitative estimate of drug-likeness (QED) is 0.754. The molecule has 1 heterocycles. The highest BCUT2D eigenvalue weighted by atomic mass is 16.3. The molecule has 1 aromatic heterocycles. The molecule has 0 amide bonds. The number of aromatic hydroxyl groups is 1. The lowest BCUT2D eigenvalue weighted by molar-refractivity contribution is 0.475. The molecule has 0 radical (unpaired) electrons. The molecule has 3 heteroatoms. The number of phenolic OH excluding ortho intramolecular Hbond substituents is 1. The molecule has 2 rings (SSSR count). The van der Waals surface area contributed by atoms with E-state index >= 15 is 0 Å². The van der Waals surface area contributed by atoms with Crippen LogP contribution in [0.1, 0.15) is 27.7 Å². The second-order valence-electron chi connectivity index (χ2n) is 2.52. The van der Waals surface area contributed by atoms with Crippen molar-refractivity contribution < 1.29 is 5.11 Å². The van der Waals surface area contributed by atoms with Gasteiger partial charge in [-0.15, -0.1) is 0 Å². The Hall–Kier alpha value is -1.77. The van der Waals surface area contributed by atoms with Crippen LogP contribution in [0.15, 0.2) is 48.8 Å². The number of aryl methyl sites for hydroxylation is 1. The fraction of sp³-hybridized carbons (Fsp3) is 0.357. The van der Waals surface area contributed by atoms with Crippen molar-refractivity contribution in [1.29, 1.82) is 0 Å². The van der Waals surface area contributed by atoms with Gasteiger partial charge in [0.15, 0.2) is 0 Å². The van der Waals surface area contributed by atoms with Gasteiger partial charge in [-0.25, -0.2) is 0 Å². The van der Waals surface area contributed by atoms with Crippen LogP contribution < -0.4 is 0 Å². The van der Waals surface area contributed by atoms with E-state index in [-0.39, 0.29) is 0 Å². The number of benzene rings is 1. The predicted molar refractivity (Wildman–Crippen MR) is 74.0 cm³/mol. The lowest BCUT2D eigenvalue weighted by atomic mass is 10.3. The first-order chi connectivity index (χ1) is 8.29. The topological polar surface area (TPSA) is 38.0 Å². The lowest BCUT2D eigenvalue weighted by Crippen LogP contribution is -1.83. The number of aromatic nitrogens is 2. The van der Waals surface area contributed by atoms with Gasteiger partial charge in [-0.05, 0) is 18.2 Å². The van der Waals surface area contributed by atoms with Crippen molar-refractivity contribution in [1.82, 2.24) is 9.78 Å². The third-order valence-corrected chi connectivity index (χ3v) is 1.39. The Bertz CT molecular complexity index is 317. The third kappa shape index (κ3) is 12.2. The van der Waals surface area contributed by atoms with Crippen molar-refractivity contribution in [3.8, 4) is 5.75 Å². The smallest absolute Gasteiger partial charge is 0.115 e. The van der Waals surface area contributed by atoms with Crippen LogP contribution >= 0.6 is 0 Å². The van der Waals surface area contributed by atoms with Crippen molar-refractivity contribution in [3.63, 3.8) is 0 Å². The molecule has 17 heavy (non-hydrogen) atoms. The average molecular weight is 236 g/mol. The number of hydrogen-bond acceptors (Lipinski definition) is 2. The van der Waals surface area contributed by atoms with E-state index in [9.17, 15) is 0 Å². The number of hydrogen-bond donors (Lipinski definition) is 1. The van der Waals surface area contributed by atoms with Crippen LogP contribution in [-0.2, 0) is 7.05 Å². The minimum Gasteiger partial charge on any atom is -0.508 e. The van der Waals surface area contributed by atoms with Crippen LogP contribution in [0.2, 0.25) is 0 Å². The summed E-state index contributed by atoms with van der Waals surface area (Å²) in [5.41, 5.74) is 0. The van der Waals surface area contributed by atoms with Gasteiger partial charge in [-0.1, -0.05) is 45.9 Å². The summed E-state index contributed by atoms with van der Waals surface area (Å²) in [6.07, 6.45) is 3.64. The van der Waals surface area contributed by atoms with E-state index in [1.54, 1.807) is 35.1 Å². The van der Waals surface area contributed by atoms with E-state index < -0.39 is 0 Å². The van der Waals surface area contributed by atoms with E-state index in [1.807, 2.05) is 53.1 Å². The number of phenols is 1. The lowest BCUT2D eigenvalue weighted by Gasteiger charge is -1.82. The fourth-order valence-electron chi connectivity index (χ4n) is 0.773. The summed E-state index contributed by atoms with van der Waals surface area (Å²) in [6, 6.07) is 10.6. The molecule has 3 nitrogen and oxygen atoms in total. The third-order valence-electron chi connectivity index (χ3n) is 1.39. The summed E-state index contributed by atoms with van der Waals surface area (Å²) in [4.78, 5) is 0. The molecule has 0 bridgehead atoms. The highest BCUT2D eigenvalue weighted by Crippen LogP contribution is 2.02. The molecular weight excluding hydrogens is 212 g/mol. The highest BCUT2D eigenvalue weighted by molar-refractivity contribution is 5.18. The zero-order valence-electron chi connectivity index (χ0n) is 11.5. The number of para-hydroxylation sites is 1. The zero-order valence-corrected chi connectivity index (χ0v) is 11.5. The van der Waals surface area contributed by atoms with Crippen molar-refractivity contribution in [2.75, 3.05) is 0 Å². The van der Waals surface area contributed by atoms with Gasteiger partial charge in [-0.2, -0.15) is 5.10 Å². The van der Waals surface area contributed by atoms with Crippen molar-refractivity contribution in [2.45, 2.75) is 27.7 Å². The molecule has 0 atom stereocenters. The van der Waals surface area contributed by atoms with Gasteiger partial charge in [0.05, 0.1) is 0 Å². The largest absolute Gasteiger partial charge is 0.508 e. The second kappa shape index (κ2) is 14.2. The summed E-state index contributed by atoms with van der Waals surface area (Å²) < 4.78 is 1.75. The van der Waals surface area contributed by atoms with E-state index in [2.05, 4.69) is 5.10 Å². The molecule has 0 aliphatic heterocycles. The van der Waals surface area contributed by atoms with Gasteiger partial charge in [0.2, 0.25) is 0 Å². The Balaban J connectivity index is 0. The number of rotatable bonds is 0. The van der Waals surface area contributed by atoms with E-state index in [0.29, 0.717) is 5.75 Å². The molecule has 0 fully saturated rings. The summed E-state index contributed by atoms with van der Waals surface area (Å²) in [5, 5.41) is 12.5. The highest BCUT2D eigenvalue weighted by Gasteiger charge is 1.74. The average Bonchev–Trinajstić information content (AvgIpc) is 2.87. The monoisotopic (exact) mass is 236 g/mol. The van der Waals surface area contributed by atoms with E-state index in [4.69, 9.17) is 5.11 Å². The summed E-state index contributed by atoms with van der Waals surface area (Å²) >= 11 is 0. The maximum Gasteiger partial charge on any atom is 0.115 e. The zero-order chi connectivity index (χ0) is 13.5. The van der Waals surface area contributed by atoms with Crippen LogP contribution in [0.3, 0.4) is 0 Å². The summed E-state index contributed by atoms with van der Waals surface area (Å²) in [7, 11) is 1.89. The molecule has 1 N–H and O–H groups in total. The first-order valence-corrected chi connectivity index (χ1v) is 5.96. The van der Waals surface area contributed by atoms with Gasteiger partial charge in [0.25, 0.3) is 0 Å². The summed E-state index contributed by atoms with van der Waals surface area (Å²) in [6.45, 7) is 8.00. The van der Waals surface area contributed by atoms with Crippen LogP contribution in [0.5, 0.6) is 5.75 Å². The molecule has 0 aliphatic carbocycles. The molecule has 1 aromatic carbocycles. The Labute approximate surface area is 105 Å². The first kappa shape index (κ1) is 17.6. The Morgan fingerprint density at radius 2 is 1.47 bits per heavy atom. The Morgan fingerprint density at radius 3 is 1.65 bits per heavy atom. The molecule has 0 spiro atoms. The molecule has 2 aromatic rings. The minimum atomic E-state index is 0.322. The number of nitrogens with zero attached hydrogens (tertiary/aromatic N) is 2.